The Morgan fingerprint density at radius 1 is 1.60 bits per heavy atom. The summed E-state index contributed by atoms with van der Waals surface area (Å²) in [5.41, 5.74) is 6.94. The molecular formula is C11H19N3O. The van der Waals surface area contributed by atoms with Gasteiger partial charge in [0.25, 0.3) is 6.01 Å². The highest BCUT2D eigenvalue weighted by Crippen LogP contribution is 2.42. The highest BCUT2D eigenvalue weighted by Gasteiger charge is 2.35. The summed E-state index contributed by atoms with van der Waals surface area (Å²) in [4.78, 5) is 4.26. The van der Waals surface area contributed by atoms with Crippen molar-refractivity contribution in [1.29, 1.82) is 0 Å². The van der Waals surface area contributed by atoms with Crippen LogP contribution in [0.2, 0.25) is 0 Å². The predicted octanol–water partition coefficient (Wildman–Crippen LogP) is 1.53. The Labute approximate surface area is 90.2 Å². The molecule has 3 N–H and O–H groups in total. The molecule has 0 spiro atoms. The normalized spacial score (nSPS) is 23.8. The van der Waals surface area contributed by atoms with Crippen LogP contribution in [-0.2, 0) is 6.42 Å². The molecule has 84 valence electrons. The highest BCUT2D eigenvalue weighted by atomic mass is 16.4. The fraction of sp³-hybridized carbons (Fsp3) is 0.727. The van der Waals surface area contributed by atoms with E-state index in [0.29, 0.717) is 11.9 Å². The van der Waals surface area contributed by atoms with Gasteiger partial charge in [-0.05, 0) is 25.3 Å². The Hall–Kier alpha value is -1.03. The van der Waals surface area contributed by atoms with Gasteiger partial charge >= 0.3 is 0 Å². The van der Waals surface area contributed by atoms with Gasteiger partial charge in [-0.1, -0.05) is 13.8 Å². The Balaban J connectivity index is 2.33. The minimum Gasteiger partial charge on any atom is -0.428 e. The number of oxazole rings is 1. The minimum absolute atomic E-state index is 0.290. The molecule has 0 bridgehead atoms. The van der Waals surface area contributed by atoms with Crippen molar-refractivity contribution in [2.75, 3.05) is 19.3 Å². The standard InChI is InChI=1S/C11H19N3O/c1-11(2)4-7(6-13-3)9-8(5-11)14-10(12)15-9/h7,13H,4-6H2,1-3H3,(H2,12,14). The van der Waals surface area contributed by atoms with Crippen molar-refractivity contribution in [2.24, 2.45) is 5.41 Å². The lowest BCUT2D eigenvalue weighted by Gasteiger charge is -2.33. The maximum Gasteiger partial charge on any atom is 0.292 e. The fourth-order valence-electron chi connectivity index (χ4n) is 2.52. The Morgan fingerprint density at radius 2 is 2.33 bits per heavy atom. The number of nitrogen functional groups attached to an aromatic ring is 1. The number of fused-ring (bicyclic) bond motifs is 1. The number of rotatable bonds is 2. The lowest BCUT2D eigenvalue weighted by atomic mass is 9.73. The van der Waals surface area contributed by atoms with Crippen molar-refractivity contribution >= 4 is 6.01 Å². The fourth-order valence-corrected chi connectivity index (χ4v) is 2.52. The highest BCUT2D eigenvalue weighted by molar-refractivity contribution is 5.27. The van der Waals surface area contributed by atoms with Crippen molar-refractivity contribution < 1.29 is 4.42 Å². The summed E-state index contributed by atoms with van der Waals surface area (Å²) in [5.74, 6) is 1.39. The Bertz CT molecular complexity index is 357. The first kappa shape index (κ1) is 10.5. The summed E-state index contributed by atoms with van der Waals surface area (Å²) < 4.78 is 5.49. The van der Waals surface area contributed by atoms with Crippen molar-refractivity contribution in [2.45, 2.75) is 32.6 Å². The summed E-state index contributed by atoms with van der Waals surface area (Å²) >= 11 is 0. The average molecular weight is 209 g/mol. The van der Waals surface area contributed by atoms with E-state index < -0.39 is 0 Å². The molecule has 1 atom stereocenters. The van der Waals surface area contributed by atoms with Crippen LogP contribution in [0.1, 0.15) is 37.6 Å². The van der Waals surface area contributed by atoms with Gasteiger partial charge in [0.15, 0.2) is 0 Å². The third-order valence-corrected chi connectivity index (χ3v) is 3.01. The summed E-state index contributed by atoms with van der Waals surface area (Å²) in [6.45, 7) is 5.46. The van der Waals surface area contributed by atoms with Gasteiger partial charge in [-0.25, -0.2) is 0 Å². The second-order valence-corrected chi connectivity index (χ2v) is 5.16. The van der Waals surface area contributed by atoms with Crippen molar-refractivity contribution in [3.05, 3.63) is 11.5 Å². The van der Waals surface area contributed by atoms with Gasteiger partial charge in [-0.3, -0.25) is 0 Å². The second-order valence-electron chi connectivity index (χ2n) is 5.16. The molecule has 1 aromatic rings. The number of hydrogen-bond donors (Lipinski definition) is 2. The monoisotopic (exact) mass is 209 g/mol. The van der Waals surface area contributed by atoms with Crippen LogP contribution in [0.3, 0.4) is 0 Å². The largest absolute Gasteiger partial charge is 0.428 e. The Kier molecular flexibility index (Phi) is 2.46. The number of likely N-dealkylation sites (N-methyl/N-ethyl adjacent to an activating group) is 1. The first-order valence-corrected chi connectivity index (χ1v) is 5.41. The molecule has 0 saturated heterocycles. The zero-order valence-electron chi connectivity index (χ0n) is 9.63. The van der Waals surface area contributed by atoms with E-state index in [4.69, 9.17) is 10.2 Å². The van der Waals surface area contributed by atoms with E-state index in [1.165, 1.54) is 0 Å². The van der Waals surface area contributed by atoms with E-state index >= 15 is 0 Å². The van der Waals surface area contributed by atoms with E-state index in [9.17, 15) is 0 Å². The van der Waals surface area contributed by atoms with Crippen LogP contribution < -0.4 is 11.1 Å². The van der Waals surface area contributed by atoms with E-state index in [2.05, 4.69) is 24.1 Å². The molecule has 0 aliphatic heterocycles. The molecule has 15 heavy (non-hydrogen) atoms. The maximum absolute atomic E-state index is 5.61. The molecule has 0 fully saturated rings. The SMILES string of the molecule is CNCC1CC(C)(C)Cc2nc(N)oc21. The number of nitrogens with zero attached hydrogens (tertiary/aromatic N) is 1. The van der Waals surface area contributed by atoms with Crippen LogP contribution in [-0.4, -0.2) is 18.6 Å². The van der Waals surface area contributed by atoms with Crippen LogP contribution >= 0.6 is 0 Å². The number of anilines is 1. The third-order valence-electron chi connectivity index (χ3n) is 3.01. The molecule has 0 radical (unpaired) electrons. The molecule has 1 aliphatic carbocycles. The number of nitrogens with two attached hydrogens (primary N) is 1. The molecule has 1 aromatic heterocycles. The number of aromatic nitrogens is 1. The van der Waals surface area contributed by atoms with Crippen LogP contribution in [0.15, 0.2) is 4.42 Å². The van der Waals surface area contributed by atoms with Gasteiger partial charge in [0.1, 0.15) is 5.76 Å². The first-order chi connectivity index (χ1) is 7.02. The van der Waals surface area contributed by atoms with Crippen molar-refractivity contribution in [3.63, 3.8) is 0 Å². The van der Waals surface area contributed by atoms with Gasteiger partial charge in [-0.2, -0.15) is 4.98 Å². The molecule has 0 amide bonds. The minimum atomic E-state index is 0.290. The van der Waals surface area contributed by atoms with E-state index in [1.54, 1.807) is 0 Å². The second kappa shape index (κ2) is 3.52. The topological polar surface area (TPSA) is 64.1 Å². The smallest absolute Gasteiger partial charge is 0.292 e. The average Bonchev–Trinajstić information content (AvgIpc) is 2.44. The van der Waals surface area contributed by atoms with E-state index in [1.807, 2.05) is 7.05 Å². The molecule has 4 nitrogen and oxygen atoms in total. The maximum atomic E-state index is 5.61. The van der Waals surface area contributed by atoms with Gasteiger partial charge in [0.05, 0.1) is 5.69 Å². The lowest BCUT2D eigenvalue weighted by Crippen LogP contribution is -2.30. The Morgan fingerprint density at radius 3 is 3.00 bits per heavy atom. The summed E-state index contributed by atoms with van der Waals surface area (Å²) in [6.07, 6.45) is 2.08. The summed E-state index contributed by atoms with van der Waals surface area (Å²) in [7, 11) is 1.96. The van der Waals surface area contributed by atoms with Gasteiger partial charge in [0.2, 0.25) is 0 Å². The van der Waals surface area contributed by atoms with Crippen LogP contribution in [0.4, 0.5) is 6.01 Å². The quantitative estimate of drug-likeness (QED) is 0.775. The van der Waals surface area contributed by atoms with Crippen LogP contribution in [0, 0.1) is 5.41 Å². The lowest BCUT2D eigenvalue weighted by molar-refractivity contribution is 0.253. The molecule has 0 aromatic carbocycles. The summed E-state index contributed by atoms with van der Waals surface area (Å²) in [6, 6.07) is 0.304. The molecule has 1 unspecified atom stereocenters. The predicted molar refractivity (Wildman–Crippen MR) is 59.7 cm³/mol. The molecule has 0 saturated carbocycles. The molecule has 4 heteroatoms. The van der Waals surface area contributed by atoms with Gasteiger partial charge in [-0.15, -0.1) is 0 Å². The number of hydrogen-bond acceptors (Lipinski definition) is 4. The molecule has 1 heterocycles. The zero-order valence-corrected chi connectivity index (χ0v) is 9.63. The van der Waals surface area contributed by atoms with E-state index in [0.717, 1.165) is 30.8 Å². The molecule has 1 aliphatic rings. The van der Waals surface area contributed by atoms with E-state index in [-0.39, 0.29) is 5.41 Å². The first-order valence-electron chi connectivity index (χ1n) is 5.41. The number of nitrogens with one attached hydrogen (secondary N) is 1. The van der Waals surface area contributed by atoms with Crippen molar-refractivity contribution in [3.8, 4) is 0 Å². The zero-order chi connectivity index (χ0) is 11.1. The molecule has 2 rings (SSSR count). The van der Waals surface area contributed by atoms with Crippen LogP contribution in [0.5, 0.6) is 0 Å². The molecular weight excluding hydrogens is 190 g/mol. The van der Waals surface area contributed by atoms with Crippen molar-refractivity contribution in [1.82, 2.24) is 10.3 Å². The van der Waals surface area contributed by atoms with Gasteiger partial charge < -0.3 is 15.5 Å². The van der Waals surface area contributed by atoms with Crippen LogP contribution in [0.25, 0.3) is 0 Å². The third kappa shape index (κ3) is 2.00. The van der Waals surface area contributed by atoms with Gasteiger partial charge in [0, 0.05) is 12.5 Å². The summed E-state index contributed by atoms with van der Waals surface area (Å²) in [5, 5.41) is 3.20.